The van der Waals surface area contributed by atoms with Crippen LogP contribution in [0.5, 0.6) is 0 Å². The molecule has 3 aromatic rings. The smallest absolute Gasteiger partial charge is 0.109 e. The molecule has 1 aliphatic heterocycles. The molecule has 0 aromatic carbocycles. The summed E-state index contributed by atoms with van der Waals surface area (Å²) in [4.78, 5) is 9.14. The van der Waals surface area contributed by atoms with E-state index in [4.69, 9.17) is 4.74 Å². The van der Waals surface area contributed by atoms with Gasteiger partial charge >= 0.3 is 0 Å². The number of fused-ring (bicyclic) bond motifs is 3. The maximum Gasteiger partial charge on any atom is 0.109 e. The second-order valence-corrected chi connectivity index (χ2v) is 5.94. The van der Waals surface area contributed by atoms with Crippen molar-refractivity contribution in [2.75, 3.05) is 13.2 Å². The van der Waals surface area contributed by atoms with E-state index < -0.39 is 0 Å². The molecule has 1 saturated heterocycles. The van der Waals surface area contributed by atoms with E-state index in [-0.39, 0.29) is 0 Å². The Kier molecular flexibility index (Phi) is 2.56. The Hall–Kier alpha value is -1.46. The lowest BCUT2D eigenvalue weighted by atomic mass is 10.1. The number of imidazole rings is 1. The van der Waals surface area contributed by atoms with Crippen LogP contribution in [0.1, 0.15) is 24.7 Å². The predicted molar refractivity (Wildman–Crippen MR) is 76.7 cm³/mol. The lowest BCUT2D eigenvalue weighted by Crippen LogP contribution is -2.22. The molecule has 0 saturated carbocycles. The highest BCUT2D eigenvalue weighted by atomic mass is 32.1. The summed E-state index contributed by atoms with van der Waals surface area (Å²) in [5, 5.41) is 2.10. The molecule has 0 N–H and O–H groups in total. The van der Waals surface area contributed by atoms with Gasteiger partial charge in [0.1, 0.15) is 11.3 Å². The number of aryl methyl sites for hydroxylation is 1. The Balaban J connectivity index is 2.01. The van der Waals surface area contributed by atoms with Crippen LogP contribution in [0.4, 0.5) is 0 Å². The summed E-state index contributed by atoms with van der Waals surface area (Å²) in [5.74, 6) is 1.06. The second-order valence-electron chi connectivity index (χ2n) is 5.03. The number of pyridine rings is 1. The Morgan fingerprint density at radius 1 is 1.42 bits per heavy atom. The van der Waals surface area contributed by atoms with Crippen LogP contribution in [0.25, 0.3) is 21.3 Å². The van der Waals surface area contributed by atoms with Gasteiger partial charge in [-0.1, -0.05) is 0 Å². The van der Waals surface area contributed by atoms with Crippen molar-refractivity contribution in [3.05, 3.63) is 23.5 Å². The molecule has 98 valence electrons. The Morgan fingerprint density at radius 3 is 3.21 bits per heavy atom. The normalized spacial score (nSPS) is 20.4. The minimum absolute atomic E-state index is 0.409. The Bertz CT molecular complexity index is 740. The molecule has 5 heteroatoms. The minimum atomic E-state index is 0.409. The average Bonchev–Trinajstić information content (AvgIpc) is 3.02. The van der Waals surface area contributed by atoms with Crippen LogP contribution in [0.2, 0.25) is 0 Å². The molecular formula is C14H15N3OS. The summed E-state index contributed by atoms with van der Waals surface area (Å²) in [6.07, 6.45) is 4.18. The largest absolute Gasteiger partial charge is 0.379 e. The molecule has 1 aliphatic rings. The van der Waals surface area contributed by atoms with E-state index in [2.05, 4.69) is 32.9 Å². The van der Waals surface area contributed by atoms with Gasteiger partial charge in [-0.05, 0) is 31.2 Å². The number of thiophene rings is 1. The molecule has 1 unspecified atom stereocenters. The summed E-state index contributed by atoms with van der Waals surface area (Å²) in [7, 11) is 0. The maximum atomic E-state index is 5.64. The highest BCUT2D eigenvalue weighted by molar-refractivity contribution is 7.18. The van der Waals surface area contributed by atoms with Crippen LogP contribution in [0.3, 0.4) is 0 Å². The topological polar surface area (TPSA) is 39.9 Å². The number of aromatic nitrogens is 3. The van der Waals surface area contributed by atoms with Gasteiger partial charge in [0.25, 0.3) is 0 Å². The summed E-state index contributed by atoms with van der Waals surface area (Å²) in [6.45, 7) is 3.76. The fraction of sp³-hybridized carbons (Fsp3) is 0.429. The zero-order valence-electron chi connectivity index (χ0n) is 10.8. The minimum Gasteiger partial charge on any atom is -0.379 e. The second kappa shape index (κ2) is 4.28. The van der Waals surface area contributed by atoms with E-state index in [1.54, 1.807) is 11.3 Å². The molecule has 0 radical (unpaired) electrons. The van der Waals surface area contributed by atoms with Gasteiger partial charge in [0.05, 0.1) is 34.6 Å². The van der Waals surface area contributed by atoms with Gasteiger partial charge in [-0.2, -0.15) is 0 Å². The van der Waals surface area contributed by atoms with Crippen LogP contribution in [0.15, 0.2) is 17.6 Å². The van der Waals surface area contributed by atoms with Crippen molar-refractivity contribution in [1.29, 1.82) is 0 Å². The van der Waals surface area contributed by atoms with Crippen LogP contribution in [0, 0.1) is 6.92 Å². The van der Waals surface area contributed by atoms with Gasteiger partial charge in [0.15, 0.2) is 0 Å². The first-order chi connectivity index (χ1) is 9.34. The Morgan fingerprint density at radius 2 is 2.37 bits per heavy atom. The lowest BCUT2D eigenvalue weighted by molar-refractivity contribution is 0.0599. The third-order valence-electron chi connectivity index (χ3n) is 3.80. The third kappa shape index (κ3) is 1.69. The molecule has 0 amide bonds. The van der Waals surface area contributed by atoms with E-state index in [1.165, 1.54) is 16.6 Å². The molecule has 1 atom stereocenters. The number of nitrogens with zero attached hydrogens (tertiary/aromatic N) is 3. The maximum absolute atomic E-state index is 5.64. The summed E-state index contributed by atoms with van der Waals surface area (Å²) >= 11 is 1.74. The lowest BCUT2D eigenvalue weighted by Gasteiger charge is -2.25. The molecule has 4 heterocycles. The zero-order valence-corrected chi connectivity index (χ0v) is 11.6. The first-order valence-electron chi connectivity index (χ1n) is 6.63. The van der Waals surface area contributed by atoms with Gasteiger partial charge < -0.3 is 9.30 Å². The average molecular weight is 273 g/mol. The molecule has 0 bridgehead atoms. The first kappa shape index (κ1) is 11.4. The number of hydrogen-bond donors (Lipinski definition) is 0. The SMILES string of the molecule is Cc1nc2cnc3ccsc3c2n1C1CCCOC1. The van der Waals surface area contributed by atoms with Crippen molar-refractivity contribution in [2.45, 2.75) is 25.8 Å². The molecule has 19 heavy (non-hydrogen) atoms. The van der Waals surface area contributed by atoms with E-state index in [9.17, 15) is 0 Å². The summed E-state index contributed by atoms with van der Waals surface area (Å²) < 4.78 is 9.24. The molecule has 4 nitrogen and oxygen atoms in total. The van der Waals surface area contributed by atoms with Crippen molar-refractivity contribution in [1.82, 2.24) is 14.5 Å². The fourth-order valence-electron chi connectivity index (χ4n) is 2.97. The van der Waals surface area contributed by atoms with Crippen LogP contribution in [-0.2, 0) is 4.74 Å². The Labute approximate surface area is 115 Å². The van der Waals surface area contributed by atoms with Crippen molar-refractivity contribution < 1.29 is 4.74 Å². The van der Waals surface area contributed by atoms with Crippen LogP contribution < -0.4 is 0 Å². The number of hydrogen-bond acceptors (Lipinski definition) is 4. The molecule has 0 spiro atoms. The third-order valence-corrected chi connectivity index (χ3v) is 4.71. The molecular weight excluding hydrogens is 258 g/mol. The van der Waals surface area contributed by atoms with Gasteiger partial charge in [0.2, 0.25) is 0 Å². The van der Waals surface area contributed by atoms with Gasteiger partial charge in [0, 0.05) is 6.61 Å². The van der Waals surface area contributed by atoms with Crippen molar-refractivity contribution in [3.8, 4) is 0 Å². The molecule has 1 fully saturated rings. The molecule has 3 aromatic heterocycles. The van der Waals surface area contributed by atoms with Crippen LogP contribution >= 0.6 is 11.3 Å². The first-order valence-corrected chi connectivity index (χ1v) is 7.51. The van der Waals surface area contributed by atoms with E-state index >= 15 is 0 Å². The predicted octanol–water partition coefficient (Wildman–Crippen LogP) is 3.31. The van der Waals surface area contributed by atoms with Gasteiger partial charge in [-0.3, -0.25) is 4.98 Å². The molecule has 0 aliphatic carbocycles. The van der Waals surface area contributed by atoms with Crippen LogP contribution in [-0.4, -0.2) is 27.7 Å². The van der Waals surface area contributed by atoms with Crippen molar-refractivity contribution >= 4 is 32.6 Å². The molecule has 4 rings (SSSR count). The van der Waals surface area contributed by atoms with Gasteiger partial charge in [-0.25, -0.2) is 4.98 Å². The van der Waals surface area contributed by atoms with Gasteiger partial charge in [-0.15, -0.1) is 11.3 Å². The van der Waals surface area contributed by atoms with E-state index in [0.29, 0.717) is 6.04 Å². The highest BCUT2D eigenvalue weighted by Crippen LogP contribution is 2.33. The highest BCUT2D eigenvalue weighted by Gasteiger charge is 2.22. The summed E-state index contributed by atoms with van der Waals surface area (Å²) in [6, 6.07) is 2.48. The number of rotatable bonds is 1. The monoisotopic (exact) mass is 273 g/mol. The van der Waals surface area contributed by atoms with Crippen molar-refractivity contribution in [3.63, 3.8) is 0 Å². The quantitative estimate of drug-likeness (QED) is 0.683. The van der Waals surface area contributed by atoms with E-state index in [0.717, 1.165) is 36.5 Å². The summed E-state index contributed by atoms with van der Waals surface area (Å²) in [5.41, 5.74) is 3.29. The zero-order chi connectivity index (χ0) is 12.8. The van der Waals surface area contributed by atoms with Crippen molar-refractivity contribution in [2.24, 2.45) is 0 Å². The standard InChI is InChI=1S/C14H15N3OS/c1-9-16-12-7-15-11-4-6-19-14(11)13(12)17(9)10-3-2-5-18-8-10/h4,6-7,10H,2-3,5,8H2,1H3. The fourth-order valence-corrected chi connectivity index (χ4v) is 3.86. The van der Waals surface area contributed by atoms with E-state index in [1.807, 2.05) is 6.20 Å². The number of ether oxygens (including phenoxy) is 1.